The van der Waals surface area contributed by atoms with Gasteiger partial charge in [0.15, 0.2) is 12.4 Å². The van der Waals surface area contributed by atoms with Crippen molar-refractivity contribution in [3.8, 4) is 0 Å². The van der Waals surface area contributed by atoms with E-state index in [0.717, 1.165) is 9.37 Å². The number of nitrogens with zero attached hydrogens (tertiary/aromatic N) is 1. The number of aliphatic hydroxyl groups is 1. The molecule has 1 aromatic rings. The molecule has 7 nitrogen and oxygen atoms in total. The largest absolute Gasteiger partial charge is 0.456 e. The average molecular weight is 428 g/mol. The van der Waals surface area contributed by atoms with E-state index in [1.165, 1.54) is 0 Å². The number of amides is 1. The van der Waals surface area contributed by atoms with Crippen molar-refractivity contribution in [2.24, 2.45) is 0 Å². The zero-order valence-corrected chi connectivity index (χ0v) is 16.5. The van der Waals surface area contributed by atoms with Crippen molar-refractivity contribution in [1.82, 2.24) is 4.90 Å². The zero-order valence-electron chi connectivity index (χ0n) is 14.9. The Bertz CT molecular complexity index is 682. The van der Waals surface area contributed by atoms with Crippen LogP contribution in [0.5, 0.6) is 0 Å². The predicted molar refractivity (Wildman–Crippen MR) is 96.8 cm³/mol. The summed E-state index contributed by atoms with van der Waals surface area (Å²) in [5.74, 6) is -1.09. The lowest BCUT2D eigenvalue weighted by Crippen LogP contribution is -2.44. The Hall–Kier alpha value is -1.93. The maximum absolute atomic E-state index is 12.3. The van der Waals surface area contributed by atoms with E-state index in [9.17, 15) is 19.5 Å². The minimum absolute atomic E-state index is 0.0185. The van der Waals surface area contributed by atoms with E-state index >= 15 is 0 Å². The fourth-order valence-corrected chi connectivity index (χ4v) is 2.78. The lowest BCUT2D eigenvalue weighted by Gasteiger charge is -2.27. The number of hydrogen-bond acceptors (Lipinski definition) is 6. The quantitative estimate of drug-likeness (QED) is 0.586. The highest BCUT2D eigenvalue weighted by Gasteiger charge is 2.42. The van der Waals surface area contributed by atoms with Crippen LogP contribution in [0.15, 0.2) is 28.7 Å². The van der Waals surface area contributed by atoms with E-state index in [1.807, 2.05) is 0 Å². The molecule has 0 spiro atoms. The fraction of sp³-hybridized carbons (Fsp3) is 0.500. The van der Waals surface area contributed by atoms with E-state index < -0.39 is 36.4 Å². The van der Waals surface area contributed by atoms with Crippen molar-refractivity contribution in [3.05, 3.63) is 34.3 Å². The highest BCUT2D eigenvalue weighted by molar-refractivity contribution is 9.10. The Morgan fingerprint density at radius 2 is 1.85 bits per heavy atom. The van der Waals surface area contributed by atoms with Crippen molar-refractivity contribution < 1.29 is 29.0 Å². The number of esters is 1. The second kappa shape index (κ2) is 8.18. The molecule has 2 atom stereocenters. The number of ether oxygens (including phenoxy) is 2. The summed E-state index contributed by atoms with van der Waals surface area (Å²) in [5.41, 5.74) is -0.312. The van der Waals surface area contributed by atoms with Crippen LogP contribution >= 0.6 is 15.9 Å². The van der Waals surface area contributed by atoms with E-state index in [-0.39, 0.29) is 18.7 Å². The Kier molecular flexibility index (Phi) is 6.41. The second-order valence-corrected chi connectivity index (χ2v) is 7.99. The first-order valence-corrected chi connectivity index (χ1v) is 8.99. The summed E-state index contributed by atoms with van der Waals surface area (Å²) in [5, 5.41) is 9.82. The minimum Gasteiger partial charge on any atom is -0.456 e. The molecular weight excluding hydrogens is 406 g/mol. The van der Waals surface area contributed by atoms with E-state index in [2.05, 4.69) is 15.9 Å². The van der Waals surface area contributed by atoms with Gasteiger partial charge < -0.3 is 14.6 Å². The van der Waals surface area contributed by atoms with Gasteiger partial charge in [-0.2, -0.15) is 0 Å². The number of β-amino-alcohol motifs (C(OH)–C–C–N with tert-alkyl or cyclic N) is 1. The van der Waals surface area contributed by atoms with Gasteiger partial charge in [-0.05, 0) is 32.9 Å². The van der Waals surface area contributed by atoms with E-state index in [1.54, 1.807) is 45.0 Å². The molecule has 0 aromatic heterocycles. The second-order valence-electron chi connectivity index (χ2n) is 7.08. The summed E-state index contributed by atoms with van der Waals surface area (Å²) in [6.45, 7) is 4.68. The van der Waals surface area contributed by atoms with Gasteiger partial charge in [0.2, 0.25) is 0 Å². The number of Topliss-reactive ketones (excluding diaryl/α,β-unsaturated/α-hetero) is 1. The molecule has 0 aliphatic carbocycles. The number of aliphatic hydroxyl groups excluding tert-OH is 1. The highest BCUT2D eigenvalue weighted by Crippen LogP contribution is 2.22. The molecule has 1 heterocycles. The minimum atomic E-state index is -0.974. The number of ketones is 1. The van der Waals surface area contributed by atoms with E-state index in [0.29, 0.717) is 5.56 Å². The monoisotopic (exact) mass is 427 g/mol. The zero-order chi connectivity index (χ0) is 19.5. The third-order valence-electron chi connectivity index (χ3n) is 3.69. The van der Waals surface area contributed by atoms with Crippen LogP contribution < -0.4 is 0 Å². The molecule has 26 heavy (non-hydrogen) atoms. The van der Waals surface area contributed by atoms with Crippen molar-refractivity contribution >= 4 is 33.8 Å². The number of hydrogen-bond donors (Lipinski definition) is 1. The summed E-state index contributed by atoms with van der Waals surface area (Å²) in [6.07, 6.45) is -1.50. The molecule has 0 radical (unpaired) electrons. The summed E-state index contributed by atoms with van der Waals surface area (Å²) < 4.78 is 11.2. The summed E-state index contributed by atoms with van der Waals surface area (Å²) in [6, 6.07) is 5.69. The smallest absolute Gasteiger partial charge is 0.411 e. The number of carbonyl (C=O) groups excluding carboxylic acids is 3. The van der Waals surface area contributed by atoms with Gasteiger partial charge in [0.1, 0.15) is 11.6 Å². The van der Waals surface area contributed by atoms with Crippen LogP contribution in [-0.4, -0.2) is 58.8 Å². The number of rotatable bonds is 4. The fourth-order valence-electron chi connectivity index (χ4n) is 2.51. The Labute approximate surface area is 160 Å². The van der Waals surface area contributed by atoms with Gasteiger partial charge >= 0.3 is 12.1 Å². The van der Waals surface area contributed by atoms with Crippen LogP contribution in [0.2, 0.25) is 0 Å². The van der Waals surface area contributed by atoms with Crippen LogP contribution in [0.1, 0.15) is 37.6 Å². The van der Waals surface area contributed by atoms with Gasteiger partial charge in [-0.25, -0.2) is 9.59 Å². The molecule has 1 aliphatic heterocycles. The molecule has 0 bridgehead atoms. The third kappa shape index (κ3) is 5.54. The molecule has 1 aliphatic rings. The van der Waals surface area contributed by atoms with Crippen LogP contribution in [-0.2, 0) is 14.3 Å². The summed E-state index contributed by atoms with van der Waals surface area (Å²) in [7, 11) is 0. The SMILES string of the molecule is CC(C)(C)OC(=O)N1CC(O)CC1C(=O)OCC(=O)c1ccc(Br)cc1. The molecule has 1 N–H and O–H groups in total. The first kappa shape index (κ1) is 20.4. The van der Waals surface area contributed by atoms with E-state index in [4.69, 9.17) is 9.47 Å². The number of halogens is 1. The van der Waals surface area contributed by atoms with Gasteiger partial charge in [-0.1, -0.05) is 28.1 Å². The number of benzene rings is 1. The Balaban J connectivity index is 1.97. The van der Waals surface area contributed by atoms with Gasteiger partial charge in [0.05, 0.1) is 12.6 Å². The van der Waals surface area contributed by atoms with Gasteiger partial charge in [0.25, 0.3) is 0 Å². The van der Waals surface area contributed by atoms with Crippen molar-refractivity contribution in [2.45, 2.75) is 44.9 Å². The number of carbonyl (C=O) groups is 3. The lowest BCUT2D eigenvalue weighted by molar-refractivity contribution is -0.147. The predicted octanol–water partition coefficient (Wildman–Crippen LogP) is 2.55. The molecule has 142 valence electrons. The van der Waals surface area contributed by atoms with Gasteiger partial charge in [0, 0.05) is 16.5 Å². The van der Waals surface area contributed by atoms with Crippen LogP contribution in [0.25, 0.3) is 0 Å². The lowest BCUT2D eigenvalue weighted by atomic mass is 10.1. The maximum Gasteiger partial charge on any atom is 0.411 e. The first-order valence-electron chi connectivity index (χ1n) is 8.20. The number of likely N-dealkylation sites (tertiary alicyclic amines) is 1. The molecule has 2 unspecified atom stereocenters. The van der Waals surface area contributed by atoms with Gasteiger partial charge in [-0.15, -0.1) is 0 Å². The van der Waals surface area contributed by atoms with Crippen molar-refractivity contribution in [3.63, 3.8) is 0 Å². The molecule has 8 heteroatoms. The molecule has 0 saturated carbocycles. The normalized spacial score (nSPS) is 20.0. The summed E-state index contributed by atoms with van der Waals surface area (Å²) >= 11 is 3.28. The maximum atomic E-state index is 12.3. The molecule has 1 aromatic carbocycles. The van der Waals surface area contributed by atoms with Crippen LogP contribution in [0, 0.1) is 0 Å². The van der Waals surface area contributed by atoms with Gasteiger partial charge in [-0.3, -0.25) is 9.69 Å². The molecule has 1 fully saturated rings. The molecular formula is C18H22BrNO6. The average Bonchev–Trinajstić information content (AvgIpc) is 2.93. The first-order chi connectivity index (χ1) is 12.1. The Morgan fingerprint density at radius 3 is 2.42 bits per heavy atom. The molecule has 2 rings (SSSR count). The molecule has 1 saturated heterocycles. The standard InChI is InChI=1S/C18H22BrNO6/c1-18(2,3)26-17(24)20-9-13(21)8-14(20)16(23)25-10-15(22)11-4-6-12(19)7-5-11/h4-7,13-14,21H,8-10H2,1-3H3. The van der Waals surface area contributed by atoms with Crippen molar-refractivity contribution in [2.75, 3.05) is 13.2 Å². The van der Waals surface area contributed by atoms with Crippen LogP contribution in [0.4, 0.5) is 4.79 Å². The highest BCUT2D eigenvalue weighted by atomic mass is 79.9. The Morgan fingerprint density at radius 1 is 1.23 bits per heavy atom. The van der Waals surface area contributed by atoms with Crippen LogP contribution in [0.3, 0.4) is 0 Å². The molecule has 1 amide bonds. The topological polar surface area (TPSA) is 93.1 Å². The summed E-state index contributed by atoms with van der Waals surface area (Å²) in [4.78, 5) is 37.8. The third-order valence-corrected chi connectivity index (χ3v) is 4.22. The van der Waals surface area contributed by atoms with Crippen molar-refractivity contribution in [1.29, 1.82) is 0 Å².